The number of nitrogens with zero attached hydrogens (tertiary/aromatic N) is 1. The van der Waals surface area contributed by atoms with E-state index in [1.807, 2.05) is 60.8 Å². The first-order valence-corrected chi connectivity index (χ1v) is 6.71. The number of ketones is 1. The highest BCUT2D eigenvalue weighted by Crippen LogP contribution is 2.19. The topological polar surface area (TPSA) is 47.0 Å². The molecule has 2 N–H and O–H groups in total. The molecule has 2 aromatic carbocycles. The molecule has 102 valence electrons. The molecule has 0 saturated carbocycles. The zero-order valence-electron chi connectivity index (χ0n) is 11.4. The number of carbonyl (C=O) groups excluding carboxylic acids is 1. The van der Waals surface area contributed by atoms with Gasteiger partial charge in [0, 0.05) is 17.7 Å². The normalized spacial score (nSPS) is 11.0. The Morgan fingerprint density at radius 3 is 2.57 bits per heavy atom. The highest BCUT2D eigenvalue weighted by molar-refractivity contribution is 6.14. The van der Waals surface area contributed by atoms with E-state index in [0.29, 0.717) is 11.4 Å². The first kappa shape index (κ1) is 13.1. The Kier molecular flexibility index (Phi) is 3.48. The summed E-state index contributed by atoms with van der Waals surface area (Å²) in [5.74, 6) is 0.544. The maximum absolute atomic E-state index is 12.4. The summed E-state index contributed by atoms with van der Waals surface area (Å²) < 4.78 is 1.71. The van der Waals surface area contributed by atoms with Crippen LogP contribution in [0, 0.1) is 0 Å². The minimum absolute atomic E-state index is 0.0393. The molecule has 0 unspecified atom stereocenters. The molecule has 0 fully saturated rings. The Morgan fingerprint density at radius 1 is 0.952 bits per heavy atom. The lowest BCUT2D eigenvalue weighted by Gasteiger charge is -2.02. The summed E-state index contributed by atoms with van der Waals surface area (Å²) in [6, 6.07) is 19.1. The standard InChI is InChI=1S/C18H14N2O/c19-18-10-3-4-12-20(18)13-11-17(21)16-9-5-7-14-6-1-2-8-15(14)16/h1-13,19H/p+1. The Labute approximate surface area is 123 Å². The fourth-order valence-corrected chi connectivity index (χ4v) is 2.28. The van der Waals surface area contributed by atoms with Gasteiger partial charge in [0.1, 0.15) is 0 Å². The van der Waals surface area contributed by atoms with Gasteiger partial charge in [-0.3, -0.25) is 10.5 Å². The SMILES string of the molecule is Nc1cccc[n+]1C=CC(=O)c1cccc2ccccc12. The van der Waals surface area contributed by atoms with Gasteiger partial charge in [0.2, 0.25) is 0 Å². The number of pyridine rings is 1. The minimum atomic E-state index is -0.0393. The van der Waals surface area contributed by atoms with E-state index in [-0.39, 0.29) is 5.78 Å². The van der Waals surface area contributed by atoms with E-state index >= 15 is 0 Å². The second kappa shape index (κ2) is 5.59. The Hall–Kier alpha value is -2.94. The molecule has 0 aliphatic heterocycles. The van der Waals surface area contributed by atoms with Crippen LogP contribution in [0.5, 0.6) is 0 Å². The van der Waals surface area contributed by atoms with Crippen LogP contribution >= 0.6 is 0 Å². The van der Waals surface area contributed by atoms with Crippen LogP contribution in [0.4, 0.5) is 5.82 Å². The summed E-state index contributed by atoms with van der Waals surface area (Å²) in [5.41, 5.74) is 6.53. The first-order chi connectivity index (χ1) is 10.3. The average Bonchev–Trinajstić information content (AvgIpc) is 2.53. The van der Waals surface area contributed by atoms with Crippen LogP contribution in [-0.4, -0.2) is 5.78 Å². The van der Waals surface area contributed by atoms with Gasteiger partial charge in [0.05, 0.1) is 12.4 Å². The molecule has 21 heavy (non-hydrogen) atoms. The number of benzene rings is 2. The number of hydrogen-bond acceptors (Lipinski definition) is 2. The van der Waals surface area contributed by atoms with Gasteiger partial charge in [0.25, 0.3) is 5.82 Å². The quantitative estimate of drug-likeness (QED) is 0.453. The molecular formula is C18H15N2O+. The van der Waals surface area contributed by atoms with Gasteiger partial charge < -0.3 is 0 Å². The maximum atomic E-state index is 12.4. The number of allylic oxidation sites excluding steroid dienone is 1. The third-order valence-corrected chi connectivity index (χ3v) is 3.36. The molecule has 0 aliphatic rings. The summed E-state index contributed by atoms with van der Waals surface area (Å²) in [5, 5.41) is 2.02. The lowest BCUT2D eigenvalue weighted by Crippen LogP contribution is -2.29. The van der Waals surface area contributed by atoms with Crippen LogP contribution in [0.2, 0.25) is 0 Å². The van der Waals surface area contributed by atoms with Crippen molar-refractivity contribution in [1.82, 2.24) is 0 Å². The van der Waals surface area contributed by atoms with Crippen molar-refractivity contribution < 1.29 is 9.36 Å². The molecule has 3 aromatic rings. The van der Waals surface area contributed by atoms with E-state index < -0.39 is 0 Å². The lowest BCUT2D eigenvalue weighted by atomic mass is 10.0. The van der Waals surface area contributed by atoms with Gasteiger partial charge in [-0.2, -0.15) is 0 Å². The lowest BCUT2D eigenvalue weighted by molar-refractivity contribution is -0.552. The minimum Gasteiger partial charge on any atom is -0.289 e. The number of carbonyl (C=O) groups is 1. The third kappa shape index (κ3) is 2.67. The van der Waals surface area contributed by atoms with E-state index in [4.69, 9.17) is 5.73 Å². The molecule has 1 aromatic heterocycles. The van der Waals surface area contributed by atoms with Crippen molar-refractivity contribution in [2.24, 2.45) is 0 Å². The smallest absolute Gasteiger partial charge is 0.276 e. The molecule has 0 radical (unpaired) electrons. The molecule has 3 rings (SSSR count). The van der Waals surface area contributed by atoms with Crippen molar-refractivity contribution in [3.05, 3.63) is 78.5 Å². The van der Waals surface area contributed by atoms with Gasteiger partial charge in [-0.15, -0.1) is 0 Å². The molecule has 0 saturated heterocycles. The van der Waals surface area contributed by atoms with Gasteiger partial charge in [0.15, 0.2) is 5.78 Å². The van der Waals surface area contributed by atoms with E-state index in [9.17, 15) is 4.79 Å². The fourth-order valence-electron chi connectivity index (χ4n) is 2.28. The zero-order chi connectivity index (χ0) is 14.7. The van der Waals surface area contributed by atoms with E-state index in [0.717, 1.165) is 10.8 Å². The van der Waals surface area contributed by atoms with E-state index in [1.54, 1.807) is 16.8 Å². The molecule has 0 atom stereocenters. The van der Waals surface area contributed by atoms with Crippen molar-refractivity contribution in [1.29, 1.82) is 0 Å². The number of anilines is 1. The molecule has 3 heteroatoms. The molecule has 0 aliphatic carbocycles. The number of nitrogens with two attached hydrogens (primary N) is 1. The fraction of sp³-hybridized carbons (Fsp3) is 0. The molecule has 0 amide bonds. The monoisotopic (exact) mass is 275 g/mol. The highest BCUT2D eigenvalue weighted by atomic mass is 16.1. The third-order valence-electron chi connectivity index (χ3n) is 3.36. The van der Waals surface area contributed by atoms with Crippen LogP contribution in [0.25, 0.3) is 17.0 Å². The summed E-state index contributed by atoms with van der Waals surface area (Å²) >= 11 is 0. The predicted octanol–water partition coefficient (Wildman–Crippen LogP) is 3.06. The van der Waals surface area contributed by atoms with Crippen LogP contribution < -0.4 is 10.3 Å². The van der Waals surface area contributed by atoms with Crippen LogP contribution in [-0.2, 0) is 0 Å². The number of rotatable bonds is 3. The maximum Gasteiger partial charge on any atom is 0.276 e. The van der Waals surface area contributed by atoms with E-state index in [2.05, 4.69) is 0 Å². The molecule has 1 heterocycles. The summed E-state index contributed by atoms with van der Waals surface area (Å²) in [7, 11) is 0. The summed E-state index contributed by atoms with van der Waals surface area (Å²) in [4.78, 5) is 12.4. The second-order valence-corrected chi connectivity index (χ2v) is 4.74. The molecular weight excluding hydrogens is 260 g/mol. The molecule has 0 spiro atoms. The average molecular weight is 275 g/mol. The van der Waals surface area contributed by atoms with Crippen molar-refractivity contribution in [3.63, 3.8) is 0 Å². The highest BCUT2D eigenvalue weighted by Gasteiger charge is 2.07. The van der Waals surface area contributed by atoms with Gasteiger partial charge in [-0.1, -0.05) is 48.5 Å². The van der Waals surface area contributed by atoms with Gasteiger partial charge >= 0.3 is 0 Å². The van der Waals surface area contributed by atoms with Crippen LogP contribution in [0.15, 0.2) is 72.9 Å². The number of hydrogen-bond donors (Lipinski definition) is 1. The Balaban J connectivity index is 1.97. The van der Waals surface area contributed by atoms with Crippen molar-refractivity contribution in [2.75, 3.05) is 5.73 Å². The van der Waals surface area contributed by atoms with Crippen molar-refractivity contribution in [3.8, 4) is 0 Å². The van der Waals surface area contributed by atoms with Crippen LogP contribution in [0.1, 0.15) is 10.4 Å². The number of nitrogen functional groups attached to an aromatic ring is 1. The number of aromatic nitrogens is 1. The van der Waals surface area contributed by atoms with Gasteiger partial charge in [-0.25, -0.2) is 4.57 Å². The Morgan fingerprint density at radius 2 is 1.71 bits per heavy atom. The van der Waals surface area contributed by atoms with Crippen molar-refractivity contribution >= 4 is 28.6 Å². The van der Waals surface area contributed by atoms with Crippen LogP contribution in [0.3, 0.4) is 0 Å². The predicted molar refractivity (Wildman–Crippen MR) is 84.7 cm³/mol. The zero-order valence-corrected chi connectivity index (χ0v) is 11.4. The largest absolute Gasteiger partial charge is 0.289 e. The van der Waals surface area contributed by atoms with E-state index in [1.165, 1.54) is 6.08 Å². The molecule has 0 bridgehead atoms. The summed E-state index contributed by atoms with van der Waals surface area (Å²) in [6.45, 7) is 0. The molecule has 3 nitrogen and oxygen atoms in total. The second-order valence-electron chi connectivity index (χ2n) is 4.74. The number of fused-ring (bicyclic) bond motifs is 1. The summed E-state index contributed by atoms with van der Waals surface area (Å²) in [6.07, 6.45) is 5.03. The Bertz CT molecular complexity index is 832. The van der Waals surface area contributed by atoms with Crippen molar-refractivity contribution in [2.45, 2.75) is 0 Å². The van der Waals surface area contributed by atoms with Gasteiger partial charge in [-0.05, 0) is 16.8 Å². The first-order valence-electron chi connectivity index (χ1n) is 6.71.